The molecular weight excluding hydrogens is 328 g/mol. The van der Waals surface area contributed by atoms with Gasteiger partial charge in [-0.05, 0) is 35.9 Å². The van der Waals surface area contributed by atoms with Crippen molar-refractivity contribution in [3.8, 4) is 11.3 Å². The van der Waals surface area contributed by atoms with Crippen molar-refractivity contribution in [1.29, 1.82) is 0 Å². The van der Waals surface area contributed by atoms with Crippen molar-refractivity contribution in [2.45, 2.75) is 6.54 Å². The zero-order chi connectivity index (χ0) is 14.5. The van der Waals surface area contributed by atoms with E-state index in [1.165, 1.54) is 0 Å². The van der Waals surface area contributed by atoms with Crippen LogP contribution in [-0.4, -0.2) is 15.2 Å². The Labute approximate surface area is 131 Å². The number of aromatic nitrogens is 3. The summed E-state index contributed by atoms with van der Waals surface area (Å²) in [4.78, 5) is 4.08. The molecule has 2 aromatic heterocycles. The zero-order valence-electron chi connectivity index (χ0n) is 11.2. The molecule has 0 amide bonds. The fourth-order valence-corrected chi connectivity index (χ4v) is 2.16. The first-order valence-corrected chi connectivity index (χ1v) is 7.33. The van der Waals surface area contributed by atoms with Crippen molar-refractivity contribution >= 4 is 21.7 Å². The van der Waals surface area contributed by atoms with Gasteiger partial charge >= 0.3 is 0 Å². The highest BCUT2D eigenvalue weighted by Crippen LogP contribution is 2.20. The molecular formula is C16H13BrN4. The van der Waals surface area contributed by atoms with Crippen LogP contribution in [0.25, 0.3) is 11.3 Å². The van der Waals surface area contributed by atoms with Gasteiger partial charge in [-0.15, -0.1) is 10.2 Å². The van der Waals surface area contributed by atoms with Gasteiger partial charge in [0.15, 0.2) is 0 Å². The Balaban J connectivity index is 1.68. The Bertz CT molecular complexity index is 697. The van der Waals surface area contributed by atoms with E-state index in [0.29, 0.717) is 6.54 Å². The summed E-state index contributed by atoms with van der Waals surface area (Å²) < 4.78 is 1.05. The molecule has 0 atom stereocenters. The summed E-state index contributed by atoms with van der Waals surface area (Å²) in [5.41, 5.74) is 3.01. The molecule has 4 nitrogen and oxygen atoms in total. The number of nitrogens with one attached hydrogen (secondary N) is 1. The standard InChI is InChI=1S/C16H13BrN4/c17-14-5-3-13(4-6-14)15-7-8-16(21-20-15)19-11-12-2-1-9-18-10-12/h1-10H,11H2,(H,19,21). The minimum absolute atomic E-state index is 0.681. The third-order valence-corrected chi connectivity index (χ3v) is 3.53. The second-order valence-electron chi connectivity index (χ2n) is 4.53. The van der Waals surface area contributed by atoms with Gasteiger partial charge < -0.3 is 5.32 Å². The second kappa shape index (κ2) is 6.45. The summed E-state index contributed by atoms with van der Waals surface area (Å²) in [6.07, 6.45) is 3.59. The topological polar surface area (TPSA) is 50.7 Å². The quantitative estimate of drug-likeness (QED) is 0.782. The molecule has 104 valence electrons. The van der Waals surface area contributed by atoms with Crippen molar-refractivity contribution in [3.05, 3.63) is 71.0 Å². The normalized spacial score (nSPS) is 10.3. The third kappa shape index (κ3) is 3.64. The maximum absolute atomic E-state index is 4.25. The number of hydrogen-bond acceptors (Lipinski definition) is 4. The lowest BCUT2D eigenvalue weighted by Crippen LogP contribution is -2.02. The summed E-state index contributed by atoms with van der Waals surface area (Å²) >= 11 is 3.42. The van der Waals surface area contributed by atoms with Gasteiger partial charge in [-0.25, -0.2) is 0 Å². The largest absolute Gasteiger partial charge is 0.364 e. The molecule has 0 aliphatic rings. The maximum atomic E-state index is 4.25. The van der Waals surface area contributed by atoms with Gasteiger partial charge in [0.2, 0.25) is 0 Å². The lowest BCUT2D eigenvalue weighted by atomic mass is 10.1. The van der Waals surface area contributed by atoms with Crippen LogP contribution in [0.15, 0.2) is 65.4 Å². The summed E-state index contributed by atoms with van der Waals surface area (Å²) in [5, 5.41) is 11.7. The molecule has 0 saturated heterocycles. The van der Waals surface area contributed by atoms with Crippen LogP contribution in [0.1, 0.15) is 5.56 Å². The van der Waals surface area contributed by atoms with Crippen LogP contribution < -0.4 is 5.32 Å². The van der Waals surface area contributed by atoms with Crippen molar-refractivity contribution in [3.63, 3.8) is 0 Å². The first-order valence-electron chi connectivity index (χ1n) is 6.54. The lowest BCUT2D eigenvalue weighted by molar-refractivity contribution is 1.00. The number of pyridine rings is 1. The Morgan fingerprint density at radius 2 is 1.81 bits per heavy atom. The van der Waals surface area contributed by atoms with Gasteiger partial charge in [-0.3, -0.25) is 4.98 Å². The van der Waals surface area contributed by atoms with E-state index in [1.807, 2.05) is 54.7 Å². The van der Waals surface area contributed by atoms with Gasteiger partial charge in [0.25, 0.3) is 0 Å². The van der Waals surface area contributed by atoms with E-state index in [1.54, 1.807) is 6.20 Å². The van der Waals surface area contributed by atoms with E-state index in [2.05, 4.69) is 36.4 Å². The third-order valence-electron chi connectivity index (χ3n) is 3.00. The van der Waals surface area contributed by atoms with Crippen molar-refractivity contribution in [2.75, 3.05) is 5.32 Å². The highest BCUT2D eigenvalue weighted by molar-refractivity contribution is 9.10. The molecule has 2 heterocycles. The van der Waals surface area contributed by atoms with Crippen LogP contribution in [0.3, 0.4) is 0 Å². The average Bonchev–Trinajstić information content (AvgIpc) is 2.55. The maximum Gasteiger partial charge on any atom is 0.148 e. The van der Waals surface area contributed by atoms with Crippen molar-refractivity contribution in [1.82, 2.24) is 15.2 Å². The Morgan fingerprint density at radius 3 is 2.48 bits per heavy atom. The molecule has 0 spiro atoms. The number of anilines is 1. The van der Waals surface area contributed by atoms with Gasteiger partial charge in [0.1, 0.15) is 5.82 Å². The van der Waals surface area contributed by atoms with Crippen LogP contribution >= 0.6 is 15.9 Å². The SMILES string of the molecule is Brc1ccc(-c2ccc(NCc3cccnc3)nn2)cc1. The van der Waals surface area contributed by atoms with E-state index >= 15 is 0 Å². The van der Waals surface area contributed by atoms with Crippen LogP contribution in [0.5, 0.6) is 0 Å². The Kier molecular flexibility index (Phi) is 4.21. The number of nitrogens with zero attached hydrogens (tertiary/aromatic N) is 3. The minimum atomic E-state index is 0.681. The number of benzene rings is 1. The molecule has 1 aromatic carbocycles. The molecule has 0 saturated carbocycles. The van der Waals surface area contributed by atoms with Crippen molar-refractivity contribution < 1.29 is 0 Å². The van der Waals surface area contributed by atoms with Crippen LogP contribution in [0.2, 0.25) is 0 Å². The van der Waals surface area contributed by atoms with Crippen LogP contribution in [0.4, 0.5) is 5.82 Å². The average molecular weight is 341 g/mol. The number of halogens is 1. The van der Waals surface area contributed by atoms with Gasteiger partial charge in [-0.1, -0.05) is 34.1 Å². The first-order chi connectivity index (χ1) is 10.3. The molecule has 0 aliphatic carbocycles. The first kappa shape index (κ1) is 13.7. The minimum Gasteiger partial charge on any atom is -0.364 e. The summed E-state index contributed by atoms with van der Waals surface area (Å²) in [6, 6.07) is 15.8. The summed E-state index contributed by atoms with van der Waals surface area (Å²) in [5.74, 6) is 0.750. The molecule has 3 aromatic rings. The Morgan fingerprint density at radius 1 is 0.952 bits per heavy atom. The smallest absolute Gasteiger partial charge is 0.148 e. The second-order valence-corrected chi connectivity index (χ2v) is 5.44. The number of rotatable bonds is 4. The van der Waals surface area contributed by atoms with Gasteiger partial charge in [0.05, 0.1) is 5.69 Å². The molecule has 0 bridgehead atoms. The van der Waals surface area contributed by atoms with Gasteiger partial charge in [-0.2, -0.15) is 0 Å². The molecule has 3 rings (SSSR count). The van der Waals surface area contributed by atoms with E-state index in [9.17, 15) is 0 Å². The van der Waals surface area contributed by atoms with Crippen molar-refractivity contribution in [2.24, 2.45) is 0 Å². The predicted octanol–water partition coefficient (Wildman–Crippen LogP) is 3.91. The molecule has 5 heteroatoms. The monoisotopic (exact) mass is 340 g/mol. The highest BCUT2D eigenvalue weighted by atomic mass is 79.9. The van der Waals surface area contributed by atoms with Crippen LogP contribution in [-0.2, 0) is 6.54 Å². The summed E-state index contributed by atoms with van der Waals surface area (Å²) in [7, 11) is 0. The molecule has 0 aliphatic heterocycles. The van der Waals surface area contributed by atoms with E-state index in [0.717, 1.165) is 27.1 Å². The molecule has 21 heavy (non-hydrogen) atoms. The Hall–Kier alpha value is -2.27. The van der Waals surface area contributed by atoms with Gasteiger partial charge in [0, 0.05) is 29.0 Å². The van der Waals surface area contributed by atoms with E-state index < -0.39 is 0 Å². The van der Waals surface area contributed by atoms with E-state index in [4.69, 9.17) is 0 Å². The molecule has 0 fully saturated rings. The fraction of sp³-hybridized carbons (Fsp3) is 0.0625. The molecule has 0 unspecified atom stereocenters. The molecule has 0 radical (unpaired) electrons. The molecule has 1 N–H and O–H groups in total. The lowest BCUT2D eigenvalue weighted by Gasteiger charge is -2.05. The highest BCUT2D eigenvalue weighted by Gasteiger charge is 2.01. The van der Waals surface area contributed by atoms with E-state index in [-0.39, 0.29) is 0 Å². The summed E-state index contributed by atoms with van der Waals surface area (Å²) in [6.45, 7) is 0.681. The fourth-order valence-electron chi connectivity index (χ4n) is 1.90. The zero-order valence-corrected chi connectivity index (χ0v) is 12.8. The van der Waals surface area contributed by atoms with Crippen LogP contribution in [0, 0.1) is 0 Å². The predicted molar refractivity (Wildman–Crippen MR) is 86.7 cm³/mol. The number of hydrogen-bond donors (Lipinski definition) is 1.